The number of benzene rings is 1. The average molecular weight is 233 g/mol. The van der Waals surface area contributed by atoms with E-state index in [0.717, 1.165) is 31.8 Å². The first-order valence-electron chi connectivity index (χ1n) is 6.26. The van der Waals surface area contributed by atoms with Gasteiger partial charge in [0.15, 0.2) is 0 Å². The van der Waals surface area contributed by atoms with Crippen LogP contribution in [0.4, 0.5) is 0 Å². The van der Waals surface area contributed by atoms with E-state index in [0.29, 0.717) is 6.61 Å². The van der Waals surface area contributed by atoms with Crippen LogP contribution in [0, 0.1) is 6.92 Å². The number of aliphatic hydroxyl groups is 1. The summed E-state index contributed by atoms with van der Waals surface area (Å²) in [7, 11) is 2.10. The monoisotopic (exact) mass is 233 g/mol. The molecular weight excluding hydrogens is 213 g/mol. The summed E-state index contributed by atoms with van der Waals surface area (Å²) in [6, 6.07) is 6.14. The van der Waals surface area contributed by atoms with Gasteiger partial charge >= 0.3 is 0 Å². The molecule has 0 spiro atoms. The normalized spacial score (nSPS) is 20.7. The van der Waals surface area contributed by atoms with Crippen LogP contribution in [0.25, 0.3) is 0 Å². The van der Waals surface area contributed by atoms with E-state index in [9.17, 15) is 5.11 Å². The van der Waals surface area contributed by atoms with Crippen LogP contribution in [0.5, 0.6) is 5.75 Å². The maximum atomic E-state index is 9.41. The van der Waals surface area contributed by atoms with Gasteiger partial charge in [-0.2, -0.15) is 0 Å². The molecule has 1 atom stereocenters. The minimum Gasteiger partial charge on any atom is -0.492 e. The first-order valence-corrected chi connectivity index (χ1v) is 6.26. The zero-order valence-corrected chi connectivity index (χ0v) is 10.6. The second-order valence-electron chi connectivity index (χ2n) is 4.79. The Kier molecular flexibility index (Phi) is 4.08. The third-order valence-electron chi connectivity index (χ3n) is 3.47. The van der Waals surface area contributed by atoms with Gasteiger partial charge in [0.2, 0.25) is 0 Å². The molecule has 0 radical (unpaired) electrons. The van der Waals surface area contributed by atoms with Crippen molar-refractivity contribution in [2.75, 3.05) is 26.2 Å². The summed E-state index contributed by atoms with van der Waals surface area (Å²) >= 11 is 0. The fourth-order valence-corrected chi connectivity index (χ4v) is 2.18. The van der Waals surface area contributed by atoms with E-state index in [1.54, 1.807) is 0 Å². The standard InChI is InChI=1S/C13H20BNO2/c1-10-12(14)3-2-4-13(10)17-8-7-15-6-5-11(16)9-15/h2-4,11,16H,5-9,14H2,1H3/t11-/m0/s1. The van der Waals surface area contributed by atoms with Gasteiger partial charge in [0, 0.05) is 19.6 Å². The second kappa shape index (κ2) is 5.56. The Balaban J connectivity index is 1.80. The highest BCUT2D eigenvalue weighted by atomic mass is 16.5. The molecule has 2 rings (SSSR count). The molecule has 1 fully saturated rings. The van der Waals surface area contributed by atoms with Gasteiger partial charge in [-0.1, -0.05) is 17.6 Å². The SMILES string of the molecule is Bc1cccc(OCCN2CC[C@H](O)C2)c1C. The average Bonchev–Trinajstić information content (AvgIpc) is 2.70. The van der Waals surface area contributed by atoms with Crippen molar-refractivity contribution >= 4 is 13.3 Å². The molecule has 92 valence electrons. The summed E-state index contributed by atoms with van der Waals surface area (Å²) in [4.78, 5) is 2.25. The predicted molar refractivity (Wildman–Crippen MR) is 71.9 cm³/mol. The van der Waals surface area contributed by atoms with Crippen molar-refractivity contribution in [3.63, 3.8) is 0 Å². The maximum absolute atomic E-state index is 9.41. The van der Waals surface area contributed by atoms with Gasteiger partial charge in [0.1, 0.15) is 20.2 Å². The quantitative estimate of drug-likeness (QED) is 0.725. The molecule has 1 N–H and O–H groups in total. The molecule has 1 saturated heterocycles. The van der Waals surface area contributed by atoms with Crippen LogP contribution in [0.15, 0.2) is 18.2 Å². The summed E-state index contributed by atoms with van der Waals surface area (Å²) in [6.45, 7) is 5.44. The molecule has 0 saturated carbocycles. The molecule has 0 aliphatic carbocycles. The highest BCUT2D eigenvalue weighted by molar-refractivity contribution is 6.33. The summed E-state index contributed by atoms with van der Waals surface area (Å²) < 4.78 is 5.79. The zero-order valence-electron chi connectivity index (χ0n) is 10.6. The van der Waals surface area contributed by atoms with Gasteiger partial charge in [-0.25, -0.2) is 0 Å². The highest BCUT2D eigenvalue weighted by Gasteiger charge is 2.19. The number of hydrogen-bond acceptors (Lipinski definition) is 3. The van der Waals surface area contributed by atoms with Crippen molar-refractivity contribution in [2.45, 2.75) is 19.4 Å². The summed E-state index contributed by atoms with van der Waals surface area (Å²) in [5.74, 6) is 0.977. The van der Waals surface area contributed by atoms with Gasteiger partial charge in [-0.05, 0) is 25.0 Å². The van der Waals surface area contributed by atoms with Crippen molar-refractivity contribution in [1.29, 1.82) is 0 Å². The van der Waals surface area contributed by atoms with Crippen LogP contribution in [0.2, 0.25) is 0 Å². The van der Waals surface area contributed by atoms with Crippen molar-refractivity contribution in [2.24, 2.45) is 0 Å². The van der Waals surface area contributed by atoms with E-state index in [2.05, 4.69) is 25.7 Å². The molecule has 4 heteroatoms. The van der Waals surface area contributed by atoms with E-state index in [-0.39, 0.29) is 6.10 Å². The molecule has 3 nitrogen and oxygen atoms in total. The van der Waals surface area contributed by atoms with Gasteiger partial charge in [0.05, 0.1) is 6.10 Å². The van der Waals surface area contributed by atoms with Crippen LogP contribution in [0.3, 0.4) is 0 Å². The molecule has 1 heterocycles. The molecule has 0 aromatic heterocycles. The lowest BCUT2D eigenvalue weighted by atomic mass is 9.91. The third-order valence-corrected chi connectivity index (χ3v) is 3.47. The Bertz CT molecular complexity index is 384. The first kappa shape index (κ1) is 12.5. The van der Waals surface area contributed by atoms with Crippen LogP contribution in [0.1, 0.15) is 12.0 Å². The van der Waals surface area contributed by atoms with Gasteiger partial charge in [-0.3, -0.25) is 4.90 Å². The Morgan fingerprint density at radius 3 is 3.06 bits per heavy atom. The Morgan fingerprint density at radius 1 is 1.53 bits per heavy atom. The zero-order chi connectivity index (χ0) is 12.3. The maximum Gasteiger partial charge on any atom is 0.139 e. The lowest BCUT2D eigenvalue weighted by Gasteiger charge is -2.16. The Labute approximate surface area is 104 Å². The highest BCUT2D eigenvalue weighted by Crippen LogP contribution is 2.14. The fraction of sp³-hybridized carbons (Fsp3) is 0.538. The number of ether oxygens (including phenoxy) is 1. The summed E-state index contributed by atoms with van der Waals surface area (Å²) in [6.07, 6.45) is 0.749. The van der Waals surface area contributed by atoms with E-state index >= 15 is 0 Å². The van der Waals surface area contributed by atoms with Crippen molar-refractivity contribution in [3.05, 3.63) is 23.8 Å². The van der Waals surface area contributed by atoms with Crippen molar-refractivity contribution < 1.29 is 9.84 Å². The molecule has 1 aromatic rings. The van der Waals surface area contributed by atoms with Crippen LogP contribution in [-0.2, 0) is 0 Å². The molecule has 1 aliphatic rings. The largest absolute Gasteiger partial charge is 0.492 e. The number of β-amino-alcohol motifs (C(OH)–C–C–N with tert-alkyl or cyclic N) is 1. The minimum absolute atomic E-state index is 0.143. The Morgan fingerprint density at radius 2 is 2.35 bits per heavy atom. The number of rotatable bonds is 4. The number of likely N-dealkylation sites (tertiary alicyclic amines) is 1. The predicted octanol–water partition coefficient (Wildman–Crippen LogP) is -0.301. The Hall–Kier alpha value is -0.995. The molecule has 17 heavy (non-hydrogen) atoms. The molecule has 0 unspecified atom stereocenters. The summed E-state index contributed by atoms with van der Waals surface area (Å²) in [5.41, 5.74) is 2.48. The van der Waals surface area contributed by atoms with Gasteiger partial charge in [0.25, 0.3) is 0 Å². The van der Waals surface area contributed by atoms with E-state index in [1.165, 1.54) is 11.0 Å². The molecular formula is C13H20BNO2. The van der Waals surface area contributed by atoms with E-state index < -0.39 is 0 Å². The lowest BCUT2D eigenvalue weighted by molar-refractivity contribution is 0.167. The smallest absolute Gasteiger partial charge is 0.139 e. The van der Waals surface area contributed by atoms with Crippen LogP contribution in [-0.4, -0.2) is 50.2 Å². The third kappa shape index (κ3) is 3.24. The van der Waals surface area contributed by atoms with E-state index in [1.807, 2.05) is 12.1 Å². The molecule has 1 aromatic carbocycles. The molecule has 0 amide bonds. The first-order chi connectivity index (χ1) is 8.16. The van der Waals surface area contributed by atoms with Gasteiger partial charge in [-0.15, -0.1) is 0 Å². The minimum atomic E-state index is -0.143. The fourth-order valence-electron chi connectivity index (χ4n) is 2.18. The lowest BCUT2D eigenvalue weighted by Crippen LogP contribution is -2.27. The van der Waals surface area contributed by atoms with Crippen molar-refractivity contribution in [1.82, 2.24) is 4.90 Å². The molecule has 1 aliphatic heterocycles. The van der Waals surface area contributed by atoms with Crippen molar-refractivity contribution in [3.8, 4) is 5.75 Å². The van der Waals surface area contributed by atoms with E-state index in [4.69, 9.17) is 4.74 Å². The topological polar surface area (TPSA) is 32.7 Å². The number of aliphatic hydroxyl groups excluding tert-OH is 1. The van der Waals surface area contributed by atoms with Crippen LogP contribution < -0.4 is 10.2 Å². The van der Waals surface area contributed by atoms with Crippen LogP contribution >= 0.6 is 0 Å². The summed E-state index contributed by atoms with van der Waals surface area (Å²) in [5, 5.41) is 9.41. The number of nitrogens with zero attached hydrogens (tertiary/aromatic N) is 1. The second-order valence-corrected chi connectivity index (χ2v) is 4.79. The molecule has 0 bridgehead atoms. The van der Waals surface area contributed by atoms with Gasteiger partial charge < -0.3 is 9.84 Å². The number of hydrogen-bond donors (Lipinski definition) is 1.